The van der Waals surface area contributed by atoms with Crippen LogP contribution in [0.25, 0.3) is 0 Å². The molecule has 2 aromatic rings. The van der Waals surface area contributed by atoms with Crippen molar-refractivity contribution in [2.45, 2.75) is 12.3 Å². The Morgan fingerprint density at radius 2 is 2.04 bits per heavy atom. The summed E-state index contributed by atoms with van der Waals surface area (Å²) >= 11 is 5.66. The van der Waals surface area contributed by atoms with E-state index in [1.54, 1.807) is 0 Å². The Labute approximate surface area is 134 Å². The molecule has 0 radical (unpaired) electrons. The fourth-order valence-electron chi connectivity index (χ4n) is 1.88. The van der Waals surface area contributed by atoms with E-state index in [1.165, 1.54) is 30.5 Å². The van der Waals surface area contributed by atoms with E-state index in [0.717, 1.165) is 12.1 Å². The van der Waals surface area contributed by atoms with E-state index in [4.69, 9.17) is 11.6 Å². The normalized spacial score (nSPS) is 12.7. The summed E-state index contributed by atoms with van der Waals surface area (Å²) in [6.07, 6.45) is -4.41. The van der Waals surface area contributed by atoms with E-state index >= 15 is 0 Å². The van der Waals surface area contributed by atoms with Crippen molar-refractivity contribution in [1.29, 1.82) is 0 Å². The molecule has 0 aliphatic rings. The number of halogens is 4. The van der Waals surface area contributed by atoms with Gasteiger partial charge < -0.3 is 10.4 Å². The molecule has 1 heterocycles. The molecule has 2 rings (SSSR count). The van der Waals surface area contributed by atoms with Crippen LogP contribution < -0.4 is 5.32 Å². The Morgan fingerprint density at radius 3 is 2.70 bits per heavy atom. The molecule has 2 N–H and O–H groups in total. The first-order valence-electron chi connectivity index (χ1n) is 6.52. The zero-order valence-corrected chi connectivity index (χ0v) is 12.4. The summed E-state index contributed by atoms with van der Waals surface area (Å²) in [4.78, 5) is 15.6. The Bertz CT molecular complexity index is 707. The van der Waals surface area contributed by atoms with Crippen molar-refractivity contribution in [2.24, 2.45) is 0 Å². The number of pyridine rings is 1. The molecule has 0 fully saturated rings. The zero-order valence-electron chi connectivity index (χ0n) is 11.6. The second kappa shape index (κ2) is 6.97. The van der Waals surface area contributed by atoms with Gasteiger partial charge in [0, 0.05) is 18.3 Å². The van der Waals surface area contributed by atoms with E-state index in [-0.39, 0.29) is 22.8 Å². The molecule has 23 heavy (non-hydrogen) atoms. The van der Waals surface area contributed by atoms with E-state index in [2.05, 4.69) is 10.3 Å². The van der Waals surface area contributed by atoms with Crippen molar-refractivity contribution >= 4 is 17.5 Å². The quantitative estimate of drug-likeness (QED) is 0.837. The molecular formula is C15H12ClF3N2O2. The van der Waals surface area contributed by atoms with Crippen LogP contribution in [0.3, 0.4) is 0 Å². The summed E-state index contributed by atoms with van der Waals surface area (Å²) in [5.41, 5.74) is -0.560. The number of aromatic nitrogens is 1. The van der Waals surface area contributed by atoms with Crippen LogP contribution in [-0.2, 0) is 6.18 Å². The van der Waals surface area contributed by atoms with Gasteiger partial charge in [-0.1, -0.05) is 23.7 Å². The number of nitrogens with zero attached hydrogens (tertiary/aromatic N) is 1. The van der Waals surface area contributed by atoms with Crippen LogP contribution in [0, 0.1) is 0 Å². The van der Waals surface area contributed by atoms with Crippen LogP contribution in [0.2, 0.25) is 5.15 Å². The number of carbonyl (C=O) groups excluding carboxylic acids is 1. The lowest BCUT2D eigenvalue weighted by Gasteiger charge is -2.14. The molecule has 0 aliphatic heterocycles. The Kier molecular flexibility index (Phi) is 5.23. The van der Waals surface area contributed by atoms with Gasteiger partial charge in [0.05, 0.1) is 11.7 Å². The number of alkyl halides is 3. The van der Waals surface area contributed by atoms with Gasteiger partial charge in [0.25, 0.3) is 5.91 Å². The van der Waals surface area contributed by atoms with Crippen molar-refractivity contribution in [1.82, 2.24) is 10.3 Å². The van der Waals surface area contributed by atoms with E-state index in [0.29, 0.717) is 0 Å². The van der Waals surface area contributed by atoms with Crippen LogP contribution in [-0.4, -0.2) is 22.5 Å². The Morgan fingerprint density at radius 1 is 1.30 bits per heavy atom. The molecule has 0 spiro atoms. The second-order valence-corrected chi connectivity index (χ2v) is 5.10. The summed E-state index contributed by atoms with van der Waals surface area (Å²) in [6.45, 7) is -0.236. The fraction of sp³-hybridized carbons (Fsp3) is 0.200. The molecule has 4 nitrogen and oxygen atoms in total. The third-order valence-corrected chi connectivity index (χ3v) is 3.25. The van der Waals surface area contributed by atoms with Gasteiger partial charge in [0.1, 0.15) is 5.15 Å². The molecule has 1 amide bonds. The second-order valence-electron chi connectivity index (χ2n) is 4.72. The monoisotopic (exact) mass is 344 g/mol. The van der Waals surface area contributed by atoms with Crippen molar-refractivity contribution < 1.29 is 23.1 Å². The number of amides is 1. The molecular weight excluding hydrogens is 333 g/mol. The number of aliphatic hydroxyl groups is 1. The maximum absolute atomic E-state index is 12.6. The lowest BCUT2D eigenvalue weighted by atomic mass is 10.1. The number of benzene rings is 1. The minimum absolute atomic E-state index is 0.0629. The highest BCUT2D eigenvalue weighted by molar-refractivity contribution is 6.29. The number of nitrogens with one attached hydrogen (secondary N) is 1. The van der Waals surface area contributed by atoms with Crippen LogP contribution in [0.5, 0.6) is 0 Å². The molecule has 1 aromatic heterocycles. The van der Waals surface area contributed by atoms with E-state index in [1.807, 2.05) is 0 Å². The molecule has 8 heteroatoms. The smallest absolute Gasteiger partial charge is 0.387 e. The Hall–Kier alpha value is -2.12. The molecule has 0 saturated carbocycles. The van der Waals surface area contributed by atoms with Crippen LogP contribution in [0.15, 0.2) is 42.6 Å². The topological polar surface area (TPSA) is 62.2 Å². The molecule has 1 atom stereocenters. The molecule has 0 saturated heterocycles. The average Bonchev–Trinajstić information content (AvgIpc) is 2.51. The predicted molar refractivity (Wildman–Crippen MR) is 78.0 cm³/mol. The number of aliphatic hydroxyl groups excluding tert-OH is 1. The first-order chi connectivity index (χ1) is 10.8. The number of hydrogen-bond donors (Lipinski definition) is 2. The third-order valence-electron chi connectivity index (χ3n) is 3.04. The maximum atomic E-state index is 12.6. The molecule has 0 aliphatic carbocycles. The van der Waals surface area contributed by atoms with Gasteiger partial charge in [-0.25, -0.2) is 4.98 Å². The molecule has 0 bridgehead atoms. The van der Waals surface area contributed by atoms with Crippen molar-refractivity contribution in [3.8, 4) is 0 Å². The van der Waals surface area contributed by atoms with Gasteiger partial charge in [-0.3, -0.25) is 4.79 Å². The summed E-state index contributed by atoms with van der Waals surface area (Å²) in [5.74, 6) is -0.514. The minimum atomic E-state index is -4.49. The average molecular weight is 345 g/mol. The number of rotatable bonds is 4. The minimum Gasteiger partial charge on any atom is -0.387 e. The van der Waals surface area contributed by atoms with Crippen LogP contribution >= 0.6 is 11.6 Å². The Balaban J connectivity index is 2.02. The van der Waals surface area contributed by atoms with Crippen molar-refractivity contribution in [3.05, 3.63) is 64.4 Å². The highest BCUT2D eigenvalue weighted by Crippen LogP contribution is 2.30. The fourth-order valence-corrected chi connectivity index (χ4v) is 2.05. The SMILES string of the molecule is O=C(NCC(O)c1cccc(C(F)(F)F)c1)c1ccnc(Cl)c1. The standard InChI is InChI=1S/C15H12ClF3N2O2/c16-13-7-10(4-5-20-13)14(23)21-8-12(22)9-2-1-3-11(6-9)15(17,18)19/h1-7,12,22H,8H2,(H,21,23). The summed E-state index contributed by atoms with van der Waals surface area (Å²) in [6, 6.07) is 7.08. The predicted octanol–water partition coefficient (Wildman–Crippen LogP) is 3.22. The van der Waals surface area contributed by atoms with E-state index in [9.17, 15) is 23.1 Å². The number of hydrogen-bond acceptors (Lipinski definition) is 3. The van der Waals surface area contributed by atoms with Crippen molar-refractivity contribution in [2.75, 3.05) is 6.54 Å². The largest absolute Gasteiger partial charge is 0.416 e. The summed E-state index contributed by atoms with van der Waals surface area (Å²) in [5, 5.41) is 12.5. The summed E-state index contributed by atoms with van der Waals surface area (Å²) in [7, 11) is 0. The van der Waals surface area contributed by atoms with Gasteiger partial charge in [-0.2, -0.15) is 13.2 Å². The van der Waals surface area contributed by atoms with Gasteiger partial charge in [0.15, 0.2) is 0 Å². The number of carbonyl (C=O) groups is 1. The lowest BCUT2D eigenvalue weighted by Crippen LogP contribution is -2.28. The van der Waals surface area contributed by atoms with Crippen molar-refractivity contribution in [3.63, 3.8) is 0 Å². The van der Waals surface area contributed by atoms with E-state index < -0.39 is 23.8 Å². The third kappa shape index (κ3) is 4.67. The highest BCUT2D eigenvalue weighted by atomic mass is 35.5. The molecule has 122 valence electrons. The zero-order chi connectivity index (χ0) is 17.0. The first-order valence-corrected chi connectivity index (χ1v) is 6.90. The first kappa shape index (κ1) is 17.2. The van der Waals surface area contributed by atoms with Gasteiger partial charge >= 0.3 is 6.18 Å². The van der Waals surface area contributed by atoms with Gasteiger partial charge in [0.2, 0.25) is 0 Å². The lowest BCUT2D eigenvalue weighted by molar-refractivity contribution is -0.137. The van der Waals surface area contributed by atoms with Gasteiger partial charge in [-0.15, -0.1) is 0 Å². The highest BCUT2D eigenvalue weighted by Gasteiger charge is 2.30. The van der Waals surface area contributed by atoms with Gasteiger partial charge in [-0.05, 0) is 29.8 Å². The molecule has 1 aromatic carbocycles. The maximum Gasteiger partial charge on any atom is 0.416 e. The van der Waals surface area contributed by atoms with Crippen LogP contribution in [0.4, 0.5) is 13.2 Å². The summed E-state index contributed by atoms with van der Waals surface area (Å²) < 4.78 is 37.9. The van der Waals surface area contributed by atoms with Crippen LogP contribution in [0.1, 0.15) is 27.6 Å². The molecule has 1 unspecified atom stereocenters.